The van der Waals surface area contributed by atoms with Crippen molar-refractivity contribution < 1.29 is 0 Å². The zero-order valence-electron chi connectivity index (χ0n) is 62.8. The molecule has 0 spiro atoms. The minimum absolute atomic E-state index is 0.100. The van der Waals surface area contributed by atoms with E-state index >= 15 is 0 Å². The fourth-order valence-corrected chi connectivity index (χ4v) is 17.1. The number of benzene rings is 17. The fraction of sp³-hybridized carbons (Fsp3) is 0.113. The average molecular weight is 1390 g/mol. The van der Waals surface area contributed by atoms with Gasteiger partial charge >= 0.3 is 0 Å². The van der Waals surface area contributed by atoms with Gasteiger partial charge in [-0.25, -0.2) is 0 Å². The van der Waals surface area contributed by atoms with Gasteiger partial charge in [-0.1, -0.05) is 345 Å². The van der Waals surface area contributed by atoms with Crippen LogP contribution in [-0.4, -0.2) is 9.13 Å². The van der Waals surface area contributed by atoms with Crippen molar-refractivity contribution in [3.05, 3.63) is 363 Å². The molecule has 19 aromatic rings. The largest absolute Gasteiger partial charge is 0.341 e. The lowest BCUT2D eigenvalue weighted by Gasteiger charge is -2.19. The summed E-state index contributed by atoms with van der Waals surface area (Å²) >= 11 is 0. The number of aromatic nitrogens is 2. The van der Waals surface area contributed by atoms with E-state index in [2.05, 4.69) is 416 Å². The van der Waals surface area contributed by atoms with Crippen molar-refractivity contribution in [3.63, 3.8) is 0 Å². The molecular weight excluding hydrogens is 1300 g/mol. The van der Waals surface area contributed by atoms with E-state index in [1.165, 1.54) is 198 Å². The Kier molecular flexibility index (Phi) is 17.1. The first-order valence-electron chi connectivity index (χ1n) is 38.4. The van der Waals surface area contributed by atoms with Gasteiger partial charge in [0.1, 0.15) is 0 Å². The molecule has 0 radical (unpaired) electrons. The summed E-state index contributed by atoms with van der Waals surface area (Å²) in [6.07, 6.45) is 0. The molecule has 0 fully saturated rings. The zero-order valence-corrected chi connectivity index (χ0v) is 62.8. The fourth-order valence-electron chi connectivity index (χ4n) is 17.1. The van der Waals surface area contributed by atoms with Gasteiger partial charge in [0.15, 0.2) is 0 Å². The second-order valence-electron chi connectivity index (χ2n) is 31.2. The predicted octanol–water partition coefficient (Wildman–Crippen LogP) is 29.8. The van der Waals surface area contributed by atoms with Crippen LogP contribution in [-0.2, 0) is 23.9 Å². The molecule has 0 atom stereocenters. The first-order chi connectivity index (χ1) is 52.7. The maximum atomic E-state index is 2.44. The first kappa shape index (κ1) is 67.3. The van der Waals surface area contributed by atoms with Crippen molar-refractivity contribution in [2.75, 3.05) is 0 Å². The Hall–Kier alpha value is -12.6. The summed E-state index contributed by atoms with van der Waals surface area (Å²) < 4.78 is 4.88. The van der Waals surface area contributed by atoms with Gasteiger partial charge in [0.25, 0.3) is 0 Å². The average Bonchev–Trinajstić information content (AvgIpc) is 1.17. The Balaban J connectivity index is 0.000000153. The Morgan fingerprint density at radius 1 is 0.176 bits per heavy atom. The van der Waals surface area contributed by atoms with E-state index < -0.39 is 0 Å². The summed E-state index contributed by atoms with van der Waals surface area (Å²) in [5, 5.41) is 15.5. The molecule has 0 unspecified atom stereocenters. The Bertz CT molecular complexity index is 6500. The lowest BCUT2D eigenvalue weighted by Crippen LogP contribution is -2.10. The quantitative estimate of drug-likeness (QED) is 0.114. The molecule has 17 aromatic carbocycles. The van der Waals surface area contributed by atoms with E-state index in [1.54, 1.807) is 0 Å². The molecule has 108 heavy (non-hydrogen) atoms. The SMILES string of the molecule is CCn1c2ccc(-c3ccc(-c4ccc(-c5c6ccccc6c(-c6ccc(-c7ccccc7)cc6)c6ccccc56)cc4)cc3)cc2c2cc(C(C)(C)C)ccc21.CCn1c2ccc(-c3ccc(-c4ccc(-c5c6ccccc6c(-c6ccccc6)c6ccccc56)cc4)cc3)cc2c2cc(C(C)(C)C)ccc21. The minimum Gasteiger partial charge on any atom is -0.341 e. The maximum Gasteiger partial charge on any atom is 0.0491 e. The van der Waals surface area contributed by atoms with Gasteiger partial charge in [-0.2, -0.15) is 0 Å². The molecule has 2 heterocycles. The third-order valence-electron chi connectivity index (χ3n) is 22.8. The van der Waals surface area contributed by atoms with E-state index in [0.29, 0.717) is 0 Å². The normalized spacial score (nSPS) is 12.0. The van der Waals surface area contributed by atoms with E-state index in [0.717, 1.165) is 13.1 Å². The van der Waals surface area contributed by atoms with Crippen LogP contribution in [0.5, 0.6) is 0 Å². The third-order valence-corrected chi connectivity index (χ3v) is 22.8. The van der Waals surface area contributed by atoms with Gasteiger partial charge in [0, 0.05) is 56.7 Å². The highest BCUT2D eigenvalue weighted by Gasteiger charge is 2.23. The highest BCUT2D eigenvalue weighted by atomic mass is 15.0. The van der Waals surface area contributed by atoms with Gasteiger partial charge in [0.05, 0.1) is 0 Å². The van der Waals surface area contributed by atoms with Gasteiger partial charge in [-0.3, -0.25) is 0 Å². The van der Waals surface area contributed by atoms with Crippen LogP contribution in [0.1, 0.15) is 66.5 Å². The number of hydrogen-bond acceptors (Lipinski definition) is 0. The van der Waals surface area contributed by atoms with Crippen LogP contribution in [0, 0.1) is 0 Å². The lowest BCUT2D eigenvalue weighted by atomic mass is 9.85. The van der Waals surface area contributed by atoms with Crippen molar-refractivity contribution in [2.45, 2.75) is 79.3 Å². The molecule has 19 rings (SSSR count). The minimum atomic E-state index is 0.100. The molecule has 0 saturated heterocycles. The topological polar surface area (TPSA) is 9.86 Å². The molecule has 2 heteroatoms. The molecule has 0 aliphatic carbocycles. The lowest BCUT2D eigenvalue weighted by molar-refractivity contribution is 0.591. The summed E-state index contributed by atoms with van der Waals surface area (Å²) in [5.41, 5.74) is 30.5. The number of rotatable bonds is 11. The van der Waals surface area contributed by atoms with Gasteiger partial charge in [-0.05, 0) is 228 Å². The van der Waals surface area contributed by atoms with Crippen molar-refractivity contribution in [1.82, 2.24) is 9.13 Å². The molecule has 520 valence electrons. The van der Waals surface area contributed by atoms with Crippen LogP contribution in [0.25, 0.3) is 187 Å². The summed E-state index contributed by atoms with van der Waals surface area (Å²) in [6.45, 7) is 20.1. The molecule has 2 aromatic heterocycles. The van der Waals surface area contributed by atoms with Gasteiger partial charge < -0.3 is 9.13 Å². The Morgan fingerprint density at radius 2 is 0.361 bits per heavy atom. The second kappa shape index (κ2) is 27.4. The smallest absolute Gasteiger partial charge is 0.0491 e. The second-order valence-corrected chi connectivity index (χ2v) is 31.2. The Labute approximate surface area is 634 Å². The van der Waals surface area contributed by atoms with Gasteiger partial charge in [-0.15, -0.1) is 0 Å². The molecular formula is C106H86N2. The number of aryl methyl sites for hydroxylation is 2. The number of fused-ring (bicyclic) bond motifs is 10. The Morgan fingerprint density at radius 3 is 0.611 bits per heavy atom. The highest BCUT2D eigenvalue weighted by molar-refractivity contribution is 6.23. The number of nitrogens with zero attached hydrogens (tertiary/aromatic N) is 2. The zero-order chi connectivity index (χ0) is 73.4. The molecule has 0 aliphatic rings. The first-order valence-corrected chi connectivity index (χ1v) is 38.4. The molecule has 0 N–H and O–H groups in total. The standard InChI is InChI=1S/C56H45N.C50H41N/c1-5-57-52-33-31-44(35-50(52)51-36-45(56(2,3)4)32-34-53(51)57)41-21-19-39(20-22-41)40-25-29-43(30-26-40)55-48-17-11-9-15-46(48)54(47-16-10-12-18-49(47)55)42-27-23-38(24-28-42)37-13-7-6-8-14-37;1-5-51-46-29-27-38(31-44(46)45-32-39(50(2,3)4)28-30-47(45)51)35-21-19-33(20-22-35)34-23-25-37(26-24-34)49-42-17-11-9-15-40(42)48(36-13-7-6-8-14-36)41-16-10-12-18-43(41)49/h6-36H,5H2,1-4H3;6-32H,5H2,1-4H3. The van der Waals surface area contributed by atoms with Crippen LogP contribution in [0.15, 0.2) is 352 Å². The third kappa shape index (κ3) is 12.0. The van der Waals surface area contributed by atoms with Crippen LogP contribution < -0.4 is 0 Å². The predicted molar refractivity (Wildman–Crippen MR) is 467 cm³/mol. The molecule has 0 amide bonds. The molecule has 0 aliphatic heterocycles. The highest BCUT2D eigenvalue weighted by Crippen LogP contribution is 2.48. The van der Waals surface area contributed by atoms with Gasteiger partial charge in [0.2, 0.25) is 0 Å². The van der Waals surface area contributed by atoms with Crippen molar-refractivity contribution in [3.8, 4) is 100 Å². The monoisotopic (exact) mass is 1390 g/mol. The summed E-state index contributed by atoms with van der Waals surface area (Å²) in [7, 11) is 0. The van der Waals surface area contributed by atoms with Crippen molar-refractivity contribution in [1.29, 1.82) is 0 Å². The molecule has 0 saturated carbocycles. The van der Waals surface area contributed by atoms with Crippen LogP contribution >= 0.6 is 0 Å². The summed E-state index contributed by atoms with van der Waals surface area (Å²) in [6, 6.07) is 130. The van der Waals surface area contributed by atoms with E-state index in [1.807, 2.05) is 0 Å². The van der Waals surface area contributed by atoms with Crippen molar-refractivity contribution >= 4 is 86.7 Å². The van der Waals surface area contributed by atoms with E-state index in [9.17, 15) is 0 Å². The molecule has 2 nitrogen and oxygen atoms in total. The number of hydrogen-bond donors (Lipinski definition) is 0. The van der Waals surface area contributed by atoms with Crippen LogP contribution in [0.3, 0.4) is 0 Å². The maximum absolute atomic E-state index is 2.44. The van der Waals surface area contributed by atoms with Crippen LogP contribution in [0.4, 0.5) is 0 Å². The summed E-state index contributed by atoms with van der Waals surface area (Å²) in [4.78, 5) is 0. The summed E-state index contributed by atoms with van der Waals surface area (Å²) in [5.74, 6) is 0. The van der Waals surface area contributed by atoms with Crippen LogP contribution in [0.2, 0.25) is 0 Å². The van der Waals surface area contributed by atoms with Crippen molar-refractivity contribution in [2.24, 2.45) is 0 Å². The van der Waals surface area contributed by atoms with E-state index in [-0.39, 0.29) is 10.8 Å². The van der Waals surface area contributed by atoms with E-state index in [4.69, 9.17) is 0 Å². The molecule has 0 bridgehead atoms.